The molecule has 3 aliphatic carbocycles. The van der Waals surface area contributed by atoms with Crippen LogP contribution in [0, 0.1) is 11.8 Å². The maximum atomic E-state index is 12.1. The SMILES string of the molecule is C[C@@H]1CCC2=C3CC[C@H](C)C[C@@H]3c3c(c(=O)c3=O)[C@H]2C1. The van der Waals surface area contributed by atoms with E-state index in [0.29, 0.717) is 23.7 Å². The summed E-state index contributed by atoms with van der Waals surface area (Å²) in [6.07, 6.45) is 6.98. The second kappa shape index (κ2) is 4.16. The Morgan fingerprint density at radius 2 is 1.15 bits per heavy atom. The third kappa shape index (κ3) is 1.51. The van der Waals surface area contributed by atoms with Crippen LogP contribution in [0.25, 0.3) is 0 Å². The molecule has 20 heavy (non-hydrogen) atoms. The highest BCUT2D eigenvalue weighted by molar-refractivity contribution is 5.53. The normalized spacial score (nSPS) is 36.5. The molecule has 1 aromatic carbocycles. The number of fused-ring (bicyclic) bond motifs is 5. The van der Waals surface area contributed by atoms with Gasteiger partial charge in [-0.05, 0) is 50.4 Å². The van der Waals surface area contributed by atoms with Crippen molar-refractivity contribution in [2.45, 2.75) is 64.2 Å². The fourth-order valence-electron chi connectivity index (χ4n) is 4.95. The van der Waals surface area contributed by atoms with Gasteiger partial charge in [0.1, 0.15) is 0 Å². The summed E-state index contributed by atoms with van der Waals surface area (Å²) in [6.45, 7) is 4.56. The number of rotatable bonds is 0. The highest BCUT2D eigenvalue weighted by Gasteiger charge is 2.44. The van der Waals surface area contributed by atoms with Gasteiger partial charge in [0, 0.05) is 23.0 Å². The van der Waals surface area contributed by atoms with Crippen molar-refractivity contribution in [3.05, 3.63) is 42.7 Å². The lowest BCUT2D eigenvalue weighted by molar-refractivity contribution is 0.352. The quantitative estimate of drug-likeness (QED) is 0.535. The molecule has 2 saturated carbocycles. The van der Waals surface area contributed by atoms with E-state index < -0.39 is 0 Å². The van der Waals surface area contributed by atoms with Gasteiger partial charge in [-0.3, -0.25) is 9.59 Å². The Labute approximate surface area is 119 Å². The summed E-state index contributed by atoms with van der Waals surface area (Å²) in [5.41, 5.74) is 4.65. The van der Waals surface area contributed by atoms with Crippen molar-refractivity contribution in [2.24, 2.45) is 11.8 Å². The van der Waals surface area contributed by atoms with Gasteiger partial charge in [-0.2, -0.15) is 0 Å². The minimum Gasteiger partial charge on any atom is -0.285 e. The lowest BCUT2D eigenvalue weighted by atomic mass is 9.59. The lowest BCUT2D eigenvalue weighted by Crippen LogP contribution is -2.47. The molecule has 106 valence electrons. The van der Waals surface area contributed by atoms with Crippen LogP contribution in [0.4, 0.5) is 0 Å². The van der Waals surface area contributed by atoms with Crippen molar-refractivity contribution in [2.75, 3.05) is 0 Å². The topological polar surface area (TPSA) is 34.1 Å². The minimum atomic E-state index is -0.158. The van der Waals surface area contributed by atoms with E-state index in [0.717, 1.165) is 36.8 Å². The van der Waals surface area contributed by atoms with Crippen LogP contribution in [0.2, 0.25) is 0 Å². The first-order valence-electron chi connectivity index (χ1n) is 8.12. The monoisotopic (exact) mass is 270 g/mol. The van der Waals surface area contributed by atoms with E-state index in [-0.39, 0.29) is 10.9 Å². The van der Waals surface area contributed by atoms with Gasteiger partial charge in [-0.25, -0.2) is 0 Å². The summed E-state index contributed by atoms with van der Waals surface area (Å²) in [7, 11) is 0. The van der Waals surface area contributed by atoms with Crippen molar-refractivity contribution < 1.29 is 0 Å². The second-order valence-electron chi connectivity index (χ2n) is 7.40. The molecule has 3 aliphatic rings. The van der Waals surface area contributed by atoms with Crippen LogP contribution in [-0.4, -0.2) is 0 Å². The fourth-order valence-corrected chi connectivity index (χ4v) is 4.95. The summed E-state index contributed by atoms with van der Waals surface area (Å²) in [5, 5.41) is 0. The molecule has 2 fully saturated rings. The summed E-state index contributed by atoms with van der Waals surface area (Å²) in [4.78, 5) is 24.2. The molecule has 2 heteroatoms. The number of hydrogen-bond acceptors (Lipinski definition) is 2. The smallest absolute Gasteiger partial charge is 0.230 e. The molecule has 0 aromatic heterocycles. The standard InChI is InChI=1S/C18H22O2/c1-9-3-5-11-12-6-4-10(2)8-14(12)16-15(13(11)7-9)17(19)18(16)20/h9-10,13-14H,3-8H2,1-2H3/t9-,10+,13-,14-/m0/s1. The van der Waals surface area contributed by atoms with E-state index in [4.69, 9.17) is 0 Å². The molecule has 0 spiro atoms. The fraction of sp³-hybridized carbons (Fsp3) is 0.667. The van der Waals surface area contributed by atoms with E-state index in [1.807, 2.05) is 0 Å². The molecular weight excluding hydrogens is 248 g/mol. The first-order valence-corrected chi connectivity index (χ1v) is 8.12. The lowest BCUT2D eigenvalue weighted by Gasteiger charge is -2.43. The van der Waals surface area contributed by atoms with Crippen molar-refractivity contribution in [1.29, 1.82) is 0 Å². The Morgan fingerprint density at radius 3 is 1.55 bits per heavy atom. The first kappa shape index (κ1) is 12.6. The van der Waals surface area contributed by atoms with Gasteiger partial charge in [0.25, 0.3) is 0 Å². The molecule has 0 unspecified atom stereocenters. The van der Waals surface area contributed by atoms with Crippen LogP contribution in [0.1, 0.15) is 75.3 Å². The second-order valence-corrected chi connectivity index (χ2v) is 7.40. The number of allylic oxidation sites excluding steroid dienone is 2. The van der Waals surface area contributed by atoms with Crippen molar-refractivity contribution in [3.63, 3.8) is 0 Å². The highest BCUT2D eigenvalue weighted by Crippen LogP contribution is 2.53. The Balaban J connectivity index is 1.88. The van der Waals surface area contributed by atoms with Crippen LogP contribution in [0.5, 0.6) is 0 Å². The van der Waals surface area contributed by atoms with Gasteiger partial charge in [0.2, 0.25) is 10.9 Å². The molecule has 0 heterocycles. The molecule has 0 aliphatic heterocycles. The van der Waals surface area contributed by atoms with E-state index in [1.54, 1.807) is 11.1 Å². The van der Waals surface area contributed by atoms with E-state index in [9.17, 15) is 9.59 Å². The molecule has 0 N–H and O–H groups in total. The Bertz CT molecular complexity index is 614. The zero-order chi connectivity index (χ0) is 14.0. The van der Waals surface area contributed by atoms with Gasteiger partial charge in [-0.15, -0.1) is 0 Å². The molecule has 4 rings (SSSR count). The van der Waals surface area contributed by atoms with Crippen LogP contribution in [0.3, 0.4) is 0 Å². The summed E-state index contributed by atoms with van der Waals surface area (Å²) in [6, 6.07) is 0. The third-order valence-electron chi connectivity index (χ3n) is 6.03. The van der Waals surface area contributed by atoms with Gasteiger partial charge in [0.15, 0.2) is 0 Å². The highest BCUT2D eigenvalue weighted by atomic mass is 16.2. The van der Waals surface area contributed by atoms with Crippen molar-refractivity contribution >= 4 is 0 Å². The van der Waals surface area contributed by atoms with Crippen LogP contribution < -0.4 is 10.9 Å². The predicted molar refractivity (Wildman–Crippen MR) is 79.9 cm³/mol. The Kier molecular flexibility index (Phi) is 2.61. The van der Waals surface area contributed by atoms with E-state index >= 15 is 0 Å². The van der Waals surface area contributed by atoms with Gasteiger partial charge in [0.05, 0.1) is 0 Å². The number of hydrogen-bond donors (Lipinski definition) is 0. The summed E-state index contributed by atoms with van der Waals surface area (Å²) < 4.78 is 0. The minimum absolute atomic E-state index is 0.158. The molecule has 2 nitrogen and oxygen atoms in total. The zero-order valence-corrected chi connectivity index (χ0v) is 12.4. The van der Waals surface area contributed by atoms with Crippen molar-refractivity contribution in [3.8, 4) is 0 Å². The van der Waals surface area contributed by atoms with E-state index in [2.05, 4.69) is 13.8 Å². The van der Waals surface area contributed by atoms with E-state index in [1.165, 1.54) is 12.8 Å². The molecule has 4 atom stereocenters. The molecule has 0 saturated heterocycles. The molecular formula is C18H22O2. The molecule has 0 radical (unpaired) electrons. The zero-order valence-electron chi connectivity index (χ0n) is 12.4. The maximum absolute atomic E-state index is 12.1. The summed E-state index contributed by atoms with van der Waals surface area (Å²) in [5.74, 6) is 1.97. The Hall–Kier alpha value is -1.18. The maximum Gasteiger partial charge on any atom is 0.230 e. The van der Waals surface area contributed by atoms with Gasteiger partial charge < -0.3 is 0 Å². The Morgan fingerprint density at radius 1 is 0.750 bits per heavy atom. The van der Waals surface area contributed by atoms with Crippen LogP contribution in [0.15, 0.2) is 20.7 Å². The van der Waals surface area contributed by atoms with Gasteiger partial charge >= 0.3 is 0 Å². The molecule has 0 bridgehead atoms. The average Bonchev–Trinajstić information content (AvgIpc) is 2.44. The molecule has 0 amide bonds. The largest absolute Gasteiger partial charge is 0.285 e. The van der Waals surface area contributed by atoms with Gasteiger partial charge in [-0.1, -0.05) is 25.0 Å². The first-order chi connectivity index (χ1) is 9.58. The summed E-state index contributed by atoms with van der Waals surface area (Å²) >= 11 is 0. The van der Waals surface area contributed by atoms with Crippen LogP contribution >= 0.6 is 0 Å². The predicted octanol–water partition coefficient (Wildman–Crippen LogP) is 3.40. The average molecular weight is 270 g/mol. The third-order valence-corrected chi connectivity index (χ3v) is 6.03. The molecule has 1 aromatic rings. The van der Waals surface area contributed by atoms with Crippen molar-refractivity contribution in [1.82, 2.24) is 0 Å². The van der Waals surface area contributed by atoms with Crippen LogP contribution in [-0.2, 0) is 0 Å².